The largest absolute Gasteiger partial charge is 0.548 e. The Balaban J connectivity index is 2.33. The number of methoxy groups -OCH3 is 1. The molecule has 1 amide bonds. The van der Waals surface area contributed by atoms with E-state index in [0.717, 1.165) is 16.7 Å². The van der Waals surface area contributed by atoms with Crippen molar-refractivity contribution in [2.45, 2.75) is 19.4 Å². The molecule has 1 aliphatic rings. The zero-order chi connectivity index (χ0) is 17.1. The molecule has 0 aliphatic carbocycles. The number of carbonyl (C=O) groups excluding carboxylic acids is 2. The van der Waals surface area contributed by atoms with E-state index in [9.17, 15) is 19.8 Å². The summed E-state index contributed by atoms with van der Waals surface area (Å²) in [6.07, 6.45) is 1.78. The summed E-state index contributed by atoms with van der Waals surface area (Å²) >= 11 is 6.14. The van der Waals surface area contributed by atoms with E-state index in [4.69, 9.17) is 17.0 Å². The van der Waals surface area contributed by atoms with E-state index in [1.54, 1.807) is 25.1 Å². The van der Waals surface area contributed by atoms with Crippen LogP contribution < -0.4 is 9.84 Å². The lowest BCUT2D eigenvalue weighted by atomic mass is 10.1. The van der Waals surface area contributed by atoms with Crippen LogP contribution in [0.25, 0.3) is 6.08 Å². The molecule has 1 fully saturated rings. The topological polar surface area (TPSA) is 89.9 Å². The molecule has 1 aliphatic heterocycles. The maximum atomic E-state index is 12.4. The Hall–Kier alpha value is -2.06. The highest BCUT2D eigenvalue weighted by atomic mass is 32.2. The molecule has 0 unspecified atom stereocenters. The second-order valence-corrected chi connectivity index (χ2v) is 6.40. The molecule has 1 aromatic carbocycles. The summed E-state index contributed by atoms with van der Waals surface area (Å²) in [6, 6.07) is 3.54. The number of phenolic OH excluding ortho intramolecular Hbond substituents is 1. The van der Waals surface area contributed by atoms with Gasteiger partial charge in [0.1, 0.15) is 4.32 Å². The molecule has 0 aromatic heterocycles. The van der Waals surface area contributed by atoms with Crippen LogP contribution in [0.4, 0.5) is 0 Å². The van der Waals surface area contributed by atoms with Gasteiger partial charge in [-0.3, -0.25) is 9.69 Å². The molecular weight excluding hydrogens is 338 g/mol. The van der Waals surface area contributed by atoms with Gasteiger partial charge in [-0.05, 0) is 30.2 Å². The number of rotatable bonds is 5. The lowest BCUT2D eigenvalue weighted by Gasteiger charge is -2.26. The fourth-order valence-electron chi connectivity index (χ4n) is 2.14. The predicted octanol–water partition coefficient (Wildman–Crippen LogP) is 1.13. The van der Waals surface area contributed by atoms with Crippen LogP contribution in [0.15, 0.2) is 23.1 Å². The number of carboxylic acid groups (broad SMARTS) is 1. The van der Waals surface area contributed by atoms with E-state index in [1.807, 2.05) is 0 Å². The number of aliphatic carboxylic acids is 1. The van der Waals surface area contributed by atoms with Gasteiger partial charge in [-0.2, -0.15) is 0 Å². The number of amides is 1. The molecule has 122 valence electrons. The zero-order valence-electron chi connectivity index (χ0n) is 12.4. The van der Waals surface area contributed by atoms with Gasteiger partial charge in [0, 0.05) is 0 Å². The van der Waals surface area contributed by atoms with Crippen molar-refractivity contribution < 1.29 is 24.5 Å². The van der Waals surface area contributed by atoms with E-state index >= 15 is 0 Å². The van der Waals surface area contributed by atoms with Crippen molar-refractivity contribution in [2.75, 3.05) is 7.11 Å². The maximum Gasteiger partial charge on any atom is 0.266 e. The fourth-order valence-corrected chi connectivity index (χ4v) is 3.50. The Morgan fingerprint density at radius 1 is 1.57 bits per heavy atom. The van der Waals surface area contributed by atoms with Crippen molar-refractivity contribution in [1.29, 1.82) is 0 Å². The second kappa shape index (κ2) is 7.01. The van der Waals surface area contributed by atoms with Gasteiger partial charge in [-0.1, -0.05) is 37.0 Å². The number of ether oxygens (including phenoxy) is 1. The Morgan fingerprint density at radius 2 is 2.26 bits per heavy atom. The van der Waals surface area contributed by atoms with Gasteiger partial charge in [0.15, 0.2) is 11.5 Å². The summed E-state index contributed by atoms with van der Waals surface area (Å²) in [5.41, 5.74) is 0.627. The van der Waals surface area contributed by atoms with Crippen LogP contribution >= 0.6 is 24.0 Å². The SMILES string of the molecule is CC[C@@H](C(=O)[O-])N1C(=O)/C(=C\c2ccc(O)c(OC)c2)SC1=S. The first-order valence-corrected chi connectivity index (χ1v) is 7.96. The lowest BCUT2D eigenvalue weighted by Crippen LogP contribution is -2.49. The van der Waals surface area contributed by atoms with Crippen LogP contribution in [0, 0.1) is 0 Å². The van der Waals surface area contributed by atoms with Crippen molar-refractivity contribution in [3.63, 3.8) is 0 Å². The second-order valence-electron chi connectivity index (χ2n) is 4.73. The number of hydrogen-bond donors (Lipinski definition) is 1. The van der Waals surface area contributed by atoms with Gasteiger partial charge < -0.3 is 19.7 Å². The molecular formula is C15H14NO5S2-. The number of carbonyl (C=O) groups is 2. The van der Waals surface area contributed by atoms with Crippen LogP contribution in [-0.2, 0) is 9.59 Å². The zero-order valence-corrected chi connectivity index (χ0v) is 14.1. The van der Waals surface area contributed by atoms with E-state index in [-0.39, 0.29) is 22.2 Å². The summed E-state index contributed by atoms with van der Waals surface area (Å²) in [6.45, 7) is 1.65. The third-order valence-electron chi connectivity index (χ3n) is 3.30. The van der Waals surface area contributed by atoms with Crippen LogP contribution in [0.1, 0.15) is 18.9 Å². The molecule has 8 heteroatoms. The molecule has 6 nitrogen and oxygen atoms in total. The van der Waals surface area contributed by atoms with Crippen molar-refractivity contribution in [3.8, 4) is 11.5 Å². The smallest absolute Gasteiger partial charge is 0.266 e. The highest BCUT2D eigenvalue weighted by molar-refractivity contribution is 8.26. The van der Waals surface area contributed by atoms with E-state index in [1.165, 1.54) is 13.2 Å². The van der Waals surface area contributed by atoms with Crippen molar-refractivity contribution in [2.24, 2.45) is 0 Å². The maximum absolute atomic E-state index is 12.4. The summed E-state index contributed by atoms with van der Waals surface area (Å²) in [5.74, 6) is -1.55. The minimum atomic E-state index is -1.34. The van der Waals surface area contributed by atoms with E-state index in [0.29, 0.717) is 10.5 Å². The summed E-state index contributed by atoms with van der Waals surface area (Å²) in [5, 5.41) is 20.7. The Morgan fingerprint density at radius 3 is 2.83 bits per heavy atom. The number of benzene rings is 1. The number of aromatic hydroxyl groups is 1. The Bertz CT molecular complexity index is 701. The van der Waals surface area contributed by atoms with Crippen LogP contribution in [0.2, 0.25) is 0 Å². The first kappa shape index (κ1) is 17.3. The molecule has 23 heavy (non-hydrogen) atoms. The highest BCUT2D eigenvalue weighted by Crippen LogP contribution is 2.35. The summed E-state index contributed by atoms with van der Waals surface area (Å²) in [7, 11) is 1.42. The van der Waals surface area contributed by atoms with Gasteiger partial charge in [0.25, 0.3) is 5.91 Å². The molecule has 0 radical (unpaired) electrons. The van der Waals surface area contributed by atoms with Gasteiger partial charge >= 0.3 is 0 Å². The molecule has 1 saturated heterocycles. The van der Waals surface area contributed by atoms with Crippen LogP contribution in [-0.4, -0.2) is 39.4 Å². The lowest BCUT2D eigenvalue weighted by molar-refractivity contribution is -0.310. The number of phenols is 1. The highest BCUT2D eigenvalue weighted by Gasteiger charge is 2.37. The minimum absolute atomic E-state index is 0.0137. The summed E-state index contributed by atoms with van der Waals surface area (Å²) < 4.78 is 5.20. The first-order valence-electron chi connectivity index (χ1n) is 6.74. The summed E-state index contributed by atoms with van der Waals surface area (Å²) in [4.78, 5) is 25.0. The molecule has 1 N–H and O–H groups in total. The first-order chi connectivity index (χ1) is 10.9. The average molecular weight is 352 g/mol. The molecule has 0 spiro atoms. The van der Waals surface area contributed by atoms with Crippen LogP contribution in [0.5, 0.6) is 11.5 Å². The van der Waals surface area contributed by atoms with Crippen molar-refractivity contribution in [1.82, 2.24) is 4.90 Å². The fraction of sp³-hybridized carbons (Fsp3) is 0.267. The predicted molar refractivity (Wildman–Crippen MR) is 88.8 cm³/mol. The van der Waals surface area contributed by atoms with Gasteiger partial charge in [0.05, 0.1) is 24.0 Å². The number of thiocarbonyl (C=S) groups is 1. The molecule has 2 rings (SSSR count). The standard InChI is InChI=1S/C15H15NO5S2/c1-3-9(14(19)20)16-13(18)12(23-15(16)22)7-8-4-5-10(17)11(6-8)21-2/h4-7,9,17H,3H2,1-2H3,(H,19,20)/p-1/b12-7+/t9-/m0/s1. The molecule has 1 atom stereocenters. The van der Waals surface area contributed by atoms with E-state index < -0.39 is 17.9 Å². The van der Waals surface area contributed by atoms with Gasteiger partial charge in [-0.15, -0.1) is 0 Å². The van der Waals surface area contributed by atoms with Gasteiger partial charge in [0.2, 0.25) is 0 Å². The minimum Gasteiger partial charge on any atom is -0.548 e. The third kappa shape index (κ3) is 3.48. The average Bonchev–Trinajstić information content (AvgIpc) is 2.77. The van der Waals surface area contributed by atoms with Crippen molar-refractivity contribution >= 4 is 46.3 Å². The quantitative estimate of drug-likeness (QED) is 0.627. The molecule has 1 aromatic rings. The van der Waals surface area contributed by atoms with Crippen molar-refractivity contribution in [3.05, 3.63) is 28.7 Å². The Labute approximate surface area is 142 Å². The monoisotopic (exact) mass is 352 g/mol. The van der Waals surface area contributed by atoms with Crippen LogP contribution in [0.3, 0.4) is 0 Å². The Kier molecular flexibility index (Phi) is 5.27. The molecule has 1 heterocycles. The number of nitrogens with zero attached hydrogens (tertiary/aromatic N) is 1. The van der Waals surface area contributed by atoms with Gasteiger partial charge in [-0.25, -0.2) is 0 Å². The number of thioether (sulfide) groups is 1. The van der Waals surface area contributed by atoms with E-state index in [2.05, 4.69) is 0 Å². The number of carboxylic acids is 1. The molecule has 0 bridgehead atoms. The molecule has 0 saturated carbocycles. The number of hydrogen-bond acceptors (Lipinski definition) is 7. The third-order valence-corrected chi connectivity index (χ3v) is 4.63. The normalized spacial score (nSPS) is 17.7.